The summed E-state index contributed by atoms with van der Waals surface area (Å²) in [7, 11) is 1.78. The second-order valence-electron chi connectivity index (χ2n) is 9.26. The third-order valence-corrected chi connectivity index (χ3v) is 6.90. The number of aryl methyl sites for hydroxylation is 1. The Morgan fingerprint density at radius 3 is 2.73 bits per heavy atom. The van der Waals surface area contributed by atoms with Crippen molar-refractivity contribution in [3.05, 3.63) is 53.9 Å². The van der Waals surface area contributed by atoms with Crippen molar-refractivity contribution in [3.63, 3.8) is 0 Å². The number of likely N-dealkylation sites (N-methyl/N-ethyl adjacent to an activating group) is 1. The largest absolute Gasteiger partial charge is 0.573 e. The average molecular weight is 520 g/mol. The number of ether oxygens (including phenoxy) is 1. The predicted molar refractivity (Wildman–Crippen MR) is 126 cm³/mol. The second kappa shape index (κ2) is 10.4. The molecular weight excluding hydrogens is 491 g/mol. The van der Waals surface area contributed by atoms with Crippen molar-refractivity contribution in [2.45, 2.75) is 57.2 Å². The van der Waals surface area contributed by atoms with Gasteiger partial charge < -0.3 is 23.6 Å². The average Bonchev–Trinajstić information content (AvgIpc) is 3.56. The number of fused-ring (bicyclic) bond motifs is 1. The van der Waals surface area contributed by atoms with E-state index < -0.39 is 6.36 Å². The van der Waals surface area contributed by atoms with Crippen molar-refractivity contribution in [2.75, 3.05) is 25.0 Å². The van der Waals surface area contributed by atoms with Gasteiger partial charge in [0.15, 0.2) is 0 Å². The zero-order valence-corrected chi connectivity index (χ0v) is 20.3. The number of alkyl halides is 3. The lowest BCUT2D eigenvalue weighted by Crippen LogP contribution is -2.51. The molecule has 4 heterocycles. The fraction of sp³-hybridized carbons (Fsp3) is 0.500. The molecule has 5 rings (SSSR count). The SMILES string of the molecule is CN(C(=O)CCc1nc(N2CCC(c3ccc(OC(F)(F)F)cc3)CC2)no1)C1Cn2ccnc2CN1. The van der Waals surface area contributed by atoms with Crippen molar-refractivity contribution in [3.8, 4) is 5.75 Å². The van der Waals surface area contributed by atoms with E-state index in [1.807, 2.05) is 15.7 Å². The number of rotatable bonds is 7. The molecule has 0 aliphatic carbocycles. The van der Waals surface area contributed by atoms with Crippen molar-refractivity contribution < 1.29 is 27.2 Å². The smallest absolute Gasteiger partial charge is 0.406 e. The minimum absolute atomic E-state index is 0.0201. The first-order valence-electron chi connectivity index (χ1n) is 12.2. The van der Waals surface area contributed by atoms with Crippen LogP contribution in [-0.4, -0.2) is 63.2 Å². The molecule has 1 fully saturated rings. The molecule has 0 bridgehead atoms. The standard InChI is InChI=1S/C24H28F3N7O3/c1-32(20-15-34-13-10-28-19(34)14-29-20)22(35)7-6-21-30-23(31-37-21)33-11-8-17(9-12-33)16-2-4-18(5-3-16)36-24(25,26)27/h2-5,10,13,17,20,29H,6-9,11-12,14-15H2,1H3. The van der Waals surface area contributed by atoms with Crippen molar-refractivity contribution in [1.29, 1.82) is 0 Å². The number of nitrogens with one attached hydrogen (secondary N) is 1. The molecule has 37 heavy (non-hydrogen) atoms. The molecule has 1 unspecified atom stereocenters. The summed E-state index contributed by atoms with van der Waals surface area (Å²) < 4.78 is 48.5. The number of nitrogens with zero attached hydrogens (tertiary/aromatic N) is 6. The zero-order chi connectivity index (χ0) is 26.0. The first kappa shape index (κ1) is 25.1. The Balaban J connectivity index is 1.08. The minimum atomic E-state index is -4.70. The van der Waals surface area contributed by atoms with Gasteiger partial charge in [-0.05, 0) is 41.6 Å². The number of piperidine rings is 1. The Morgan fingerprint density at radius 1 is 1.24 bits per heavy atom. The number of hydrogen-bond donors (Lipinski definition) is 1. The normalized spacial score (nSPS) is 18.5. The van der Waals surface area contributed by atoms with Crippen LogP contribution in [0.2, 0.25) is 0 Å². The maximum atomic E-state index is 12.7. The van der Waals surface area contributed by atoms with E-state index in [-0.39, 0.29) is 30.2 Å². The number of benzene rings is 1. The fourth-order valence-electron chi connectivity index (χ4n) is 4.79. The van der Waals surface area contributed by atoms with E-state index in [9.17, 15) is 18.0 Å². The van der Waals surface area contributed by atoms with Gasteiger partial charge in [-0.1, -0.05) is 12.1 Å². The highest BCUT2D eigenvalue weighted by Crippen LogP contribution is 2.31. The Kier molecular flexibility index (Phi) is 7.04. The first-order valence-corrected chi connectivity index (χ1v) is 12.2. The van der Waals surface area contributed by atoms with E-state index in [2.05, 4.69) is 25.2 Å². The van der Waals surface area contributed by atoms with Crippen LogP contribution in [0, 0.1) is 0 Å². The quantitative estimate of drug-likeness (QED) is 0.508. The lowest BCUT2D eigenvalue weighted by molar-refractivity contribution is -0.274. The van der Waals surface area contributed by atoms with Crippen LogP contribution in [0.25, 0.3) is 0 Å². The van der Waals surface area contributed by atoms with Crippen molar-refractivity contribution in [1.82, 2.24) is 29.9 Å². The summed E-state index contributed by atoms with van der Waals surface area (Å²) in [6.45, 7) is 2.63. The molecule has 10 nitrogen and oxygen atoms in total. The summed E-state index contributed by atoms with van der Waals surface area (Å²) in [5, 5.41) is 7.41. The molecule has 13 heteroatoms. The third-order valence-electron chi connectivity index (χ3n) is 6.90. The maximum absolute atomic E-state index is 12.7. The van der Waals surface area contributed by atoms with Gasteiger partial charge in [0.2, 0.25) is 11.8 Å². The summed E-state index contributed by atoms with van der Waals surface area (Å²) in [6, 6.07) is 6.05. The van der Waals surface area contributed by atoms with Gasteiger partial charge in [-0.2, -0.15) is 4.98 Å². The van der Waals surface area contributed by atoms with E-state index in [1.165, 1.54) is 12.1 Å². The van der Waals surface area contributed by atoms with E-state index in [4.69, 9.17) is 4.52 Å². The van der Waals surface area contributed by atoms with Crippen LogP contribution in [0.5, 0.6) is 5.75 Å². The van der Waals surface area contributed by atoms with Gasteiger partial charge in [-0.3, -0.25) is 10.1 Å². The molecule has 0 radical (unpaired) electrons. The molecule has 3 aromatic rings. The molecule has 2 aliphatic heterocycles. The summed E-state index contributed by atoms with van der Waals surface area (Å²) >= 11 is 0. The van der Waals surface area contributed by atoms with Crippen LogP contribution < -0.4 is 15.0 Å². The van der Waals surface area contributed by atoms with E-state index in [0.717, 1.165) is 24.2 Å². The number of anilines is 1. The minimum Gasteiger partial charge on any atom is -0.406 e. The first-order chi connectivity index (χ1) is 17.7. The zero-order valence-electron chi connectivity index (χ0n) is 20.3. The van der Waals surface area contributed by atoms with Crippen LogP contribution in [-0.2, 0) is 24.3 Å². The van der Waals surface area contributed by atoms with E-state index >= 15 is 0 Å². The second-order valence-corrected chi connectivity index (χ2v) is 9.26. The Bertz CT molecular complexity index is 1200. The Morgan fingerprint density at radius 2 is 2.00 bits per heavy atom. The summed E-state index contributed by atoms with van der Waals surface area (Å²) in [5.74, 6) is 1.83. The van der Waals surface area contributed by atoms with Gasteiger partial charge in [0.1, 0.15) is 17.7 Å². The molecule has 0 spiro atoms. The van der Waals surface area contributed by atoms with Gasteiger partial charge in [-0.15, -0.1) is 13.2 Å². The Labute approximate surface area is 211 Å². The highest BCUT2D eigenvalue weighted by Gasteiger charge is 2.31. The molecule has 1 aromatic carbocycles. The lowest BCUT2D eigenvalue weighted by Gasteiger charge is -2.33. The molecule has 1 N–H and O–H groups in total. The van der Waals surface area contributed by atoms with Crippen LogP contribution in [0.15, 0.2) is 41.2 Å². The number of carbonyl (C=O) groups is 1. The number of carbonyl (C=O) groups excluding carboxylic acids is 1. The monoisotopic (exact) mass is 519 g/mol. The summed E-state index contributed by atoms with van der Waals surface area (Å²) in [5.41, 5.74) is 0.974. The third kappa shape index (κ3) is 6.04. The van der Waals surface area contributed by atoms with Crippen LogP contribution in [0.1, 0.15) is 42.5 Å². The number of imidazole rings is 1. The number of amides is 1. The van der Waals surface area contributed by atoms with Crippen LogP contribution in [0.4, 0.5) is 19.1 Å². The maximum Gasteiger partial charge on any atom is 0.573 e. The predicted octanol–water partition coefficient (Wildman–Crippen LogP) is 3.07. The highest BCUT2D eigenvalue weighted by atomic mass is 19.4. The highest BCUT2D eigenvalue weighted by molar-refractivity contribution is 5.76. The van der Waals surface area contributed by atoms with Crippen LogP contribution >= 0.6 is 0 Å². The lowest BCUT2D eigenvalue weighted by atomic mass is 9.89. The molecule has 1 saturated heterocycles. The number of hydrogen-bond acceptors (Lipinski definition) is 8. The molecule has 198 valence electrons. The van der Waals surface area contributed by atoms with Crippen LogP contribution in [0.3, 0.4) is 0 Å². The number of aromatic nitrogens is 4. The topological polar surface area (TPSA) is 102 Å². The molecule has 1 atom stereocenters. The molecule has 1 amide bonds. The van der Waals surface area contributed by atoms with Gasteiger partial charge in [-0.25, -0.2) is 4.98 Å². The van der Waals surface area contributed by atoms with Gasteiger partial charge in [0, 0.05) is 45.4 Å². The Hall–Kier alpha value is -3.61. The van der Waals surface area contributed by atoms with Gasteiger partial charge in [0.25, 0.3) is 5.95 Å². The molecule has 2 aliphatic rings. The summed E-state index contributed by atoms with van der Waals surface area (Å²) in [4.78, 5) is 25.2. The summed E-state index contributed by atoms with van der Waals surface area (Å²) in [6.07, 6.45) is 1.07. The van der Waals surface area contributed by atoms with Crippen molar-refractivity contribution in [2.24, 2.45) is 0 Å². The molecule has 2 aromatic heterocycles. The number of halogens is 3. The van der Waals surface area contributed by atoms with Gasteiger partial charge in [0.05, 0.1) is 13.1 Å². The van der Waals surface area contributed by atoms with Crippen molar-refractivity contribution >= 4 is 11.9 Å². The van der Waals surface area contributed by atoms with E-state index in [0.29, 0.717) is 44.4 Å². The molecular formula is C24H28F3N7O3. The molecule has 0 saturated carbocycles. The van der Waals surface area contributed by atoms with Gasteiger partial charge >= 0.3 is 6.36 Å². The van der Waals surface area contributed by atoms with E-state index in [1.54, 1.807) is 30.3 Å². The fourth-order valence-corrected chi connectivity index (χ4v) is 4.79.